The quantitative estimate of drug-likeness (QED) is 0.915. The number of pyridine rings is 1. The van der Waals surface area contributed by atoms with Gasteiger partial charge in [-0.3, -0.25) is 4.79 Å². The van der Waals surface area contributed by atoms with Gasteiger partial charge in [0.05, 0.1) is 5.69 Å². The lowest BCUT2D eigenvalue weighted by molar-refractivity contribution is 0.0780. The van der Waals surface area contributed by atoms with Gasteiger partial charge in [-0.15, -0.1) is 0 Å². The van der Waals surface area contributed by atoms with Crippen LogP contribution in [0, 0.1) is 6.92 Å². The van der Waals surface area contributed by atoms with Crippen molar-refractivity contribution in [1.29, 1.82) is 0 Å². The van der Waals surface area contributed by atoms with Gasteiger partial charge in [-0.25, -0.2) is 4.98 Å². The number of aromatic nitrogens is 1. The molecule has 4 nitrogen and oxygen atoms in total. The zero-order chi connectivity index (χ0) is 13.8. The maximum atomic E-state index is 12.2. The van der Waals surface area contributed by atoms with Crippen molar-refractivity contribution in [3.8, 4) is 0 Å². The fourth-order valence-corrected chi connectivity index (χ4v) is 1.93. The molecule has 4 heteroatoms. The summed E-state index contributed by atoms with van der Waals surface area (Å²) in [5, 5.41) is 0. The van der Waals surface area contributed by atoms with E-state index in [1.165, 1.54) is 5.56 Å². The Balaban J connectivity index is 2.14. The lowest BCUT2D eigenvalue weighted by atomic mass is 10.1. The lowest BCUT2D eigenvalue weighted by Crippen LogP contribution is -2.27. The van der Waals surface area contributed by atoms with Gasteiger partial charge in [0.25, 0.3) is 5.91 Å². The Labute approximate surface area is 112 Å². The zero-order valence-corrected chi connectivity index (χ0v) is 11.1. The summed E-state index contributed by atoms with van der Waals surface area (Å²) in [6.07, 6.45) is 1.57. The molecule has 0 atom stereocenters. The van der Waals surface area contributed by atoms with Crippen LogP contribution in [-0.4, -0.2) is 22.8 Å². The molecule has 2 rings (SSSR count). The number of nitrogens with zero attached hydrogens (tertiary/aromatic N) is 2. The van der Waals surface area contributed by atoms with Crippen LogP contribution in [0.15, 0.2) is 42.6 Å². The Hall–Kier alpha value is -2.36. The monoisotopic (exact) mass is 255 g/mol. The Kier molecular flexibility index (Phi) is 3.80. The van der Waals surface area contributed by atoms with Crippen LogP contribution in [0.3, 0.4) is 0 Å². The minimum atomic E-state index is -0.167. The van der Waals surface area contributed by atoms with Gasteiger partial charge >= 0.3 is 0 Å². The lowest BCUT2D eigenvalue weighted by Gasteiger charge is -2.17. The summed E-state index contributed by atoms with van der Waals surface area (Å²) in [7, 11) is 1.75. The first-order valence-electron chi connectivity index (χ1n) is 6.09. The van der Waals surface area contributed by atoms with Gasteiger partial charge in [-0.2, -0.15) is 0 Å². The number of rotatable bonds is 3. The standard InChI is InChI=1S/C15H17N3O/c1-11-5-3-6-12(9-11)10-18(2)15(19)14-13(16)7-4-8-17-14/h3-9H,10,16H2,1-2H3. The average Bonchev–Trinajstić information content (AvgIpc) is 2.38. The first-order chi connectivity index (χ1) is 9.08. The van der Waals surface area contributed by atoms with E-state index in [-0.39, 0.29) is 5.91 Å². The summed E-state index contributed by atoms with van der Waals surface area (Å²) in [4.78, 5) is 17.9. The second kappa shape index (κ2) is 5.52. The number of benzene rings is 1. The van der Waals surface area contributed by atoms with Crippen molar-refractivity contribution < 1.29 is 4.79 Å². The maximum Gasteiger partial charge on any atom is 0.274 e. The third kappa shape index (κ3) is 3.10. The third-order valence-electron chi connectivity index (χ3n) is 2.89. The van der Waals surface area contributed by atoms with Gasteiger partial charge in [0.15, 0.2) is 5.69 Å². The minimum absolute atomic E-state index is 0.167. The minimum Gasteiger partial charge on any atom is -0.397 e. The van der Waals surface area contributed by atoms with Crippen molar-refractivity contribution in [2.24, 2.45) is 0 Å². The van der Waals surface area contributed by atoms with E-state index >= 15 is 0 Å². The second-order valence-corrected chi connectivity index (χ2v) is 4.59. The van der Waals surface area contributed by atoms with E-state index < -0.39 is 0 Å². The van der Waals surface area contributed by atoms with Crippen LogP contribution < -0.4 is 5.73 Å². The Morgan fingerprint density at radius 2 is 2.11 bits per heavy atom. The first kappa shape index (κ1) is 13.1. The molecule has 1 heterocycles. The summed E-state index contributed by atoms with van der Waals surface area (Å²) >= 11 is 0. The number of anilines is 1. The topological polar surface area (TPSA) is 59.2 Å². The molecule has 0 aliphatic rings. The van der Waals surface area contributed by atoms with Crippen molar-refractivity contribution in [3.05, 3.63) is 59.4 Å². The molecule has 0 fully saturated rings. The smallest absolute Gasteiger partial charge is 0.274 e. The van der Waals surface area contributed by atoms with Gasteiger partial charge in [-0.05, 0) is 24.6 Å². The van der Waals surface area contributed by atoms with Crippen LogP contribution in [0.25, 0.3) is 0 Å². The Bertz CT molecular complexity index is 595. The van der Waals surface area contributed by atoms with Gasteiger partial charge in [0, 0.05) is 19.8 Å². The van der Waals surface area contributed by atoms with Crippen LogP contribution in [0.1, 0.15) is 21.6 Å². The summed E-state index contributed by atoms with van der Waals surface area (Å²) in [6, 6.07) is 11.5. The largest absolute Gasteiger partial charge is 0.397 e. The molecule has 1 amide bonds. The summed E-state index contributed by atoms with van der Waals surface area (Å²) < 4.78 is 0. The van der Waals surface area contributed by atoms with Gasteiger partial charge in [0.1, 0.15) is 0 Å². The number of hydrogen-bond acceptors (Lipinski definition) is 3. The third-order valence-corrected chi connectivity index (χ3v) is 2.89. The van der Waals surface area contributed by atoms with Crippen molar-refractivity contribution in [1.82, 2.24) is 9.88 Å². The molecule has 98 valence electrons. The Morgan fingerprint density at radius 3 is 2.79 bits per heavy atom. The van der Waals surface area contributed by atoms with E-state index in [1.807, 2.05) is 25.1 Å². The van der Waals surface area contributed by atoms with Crippen LogP contribution in [-0.2, 0) is 6.54 Å². The zero-order valence-electron chi connectivity index (χ0n) is 11.1. The molecule has 0 saturated heterocycles. The molecule has 1 aromatic heterocycles. The van der Waals surface area contributed by atoms with Crippen molar-refractivity contribution >= 4 is 11.6 Å². The van der Waals surface area contributed by atoms with E-state index in [0.29, 0.717) is 17.9 Å². The van der Waals surface area contributed by atoms with Crippen LogP contribution in [0.2, 0.25) is 0 Å². The number of carbonyl (C=O) groups is 1. The molecule has 0 radical (unpaired) electrons. The molecule has 0 spiro atoms. The number of carbonyl (C=O) groups excluding carboxylic acids is 1. The van der Waals surface area contributed by atoms with E-state index in [2.05, 4.69) is 11.1 Å². The van der Waals surface area contributed by atoms with Gasteiger partial charge < -0.3 is 10.6 Å². The molecule has 1 aromatic carbocycles. The predicted molar refractivity (Wildman–Crippen MR) is 75.6 cm³/mol. The Morgan fingerprint density at radius 1 is 1.32 bits per heavy atom. The van der Waals surface area contributed by atoms with Crippen molar-refractivity contribution in [2.75, 3.05) is 12.8 Å². The molecular weight excluding hydrogens is 238 g/mol. The number of nitrogen functional groups attached to an aromatic ring is 1. The highest BCUT2D eigenvalue weighted by Crippen LogP contribution is 2.12. The van der Waals surface area contributed by atoms with Crippen molar-refractivity contribution in [2.45, 2.75) is 13.5 Å². The molecule has 0 aliphatic carbocycles. The van der Waals surface area contributed by atoms with Crippen molar-refractivity contribution in [3.63, 3.8) is 0 Å². The number of hydrogen-bond donors (Lipinski definition) is 1. The molecule has 0 unspecified atom stereocenters. The molecule has 2 aromatic rings. The van der Waals surface area contributed by atoms with Crippen LogP contribution in [0.5, 0.6) is 0 Å². The summed E-state index contributed by atoms with van der Waals surface area (Å²) in [5.74, 6) is -0.167. The number of nitrogens with two attached hydrogens (primary N) is 1. The fourth-order valence-electron chi connectivity index (χ4n) is 1.93. The van der Waals surface area contributed by atoms with Crippen LogP contribution in [0.4, 0.5) is 5.69 Å². The highest BCUT2D eigenvalue weighted by molar-refractivity contribution is 5.96. The average molecular weight is 255 g/mol. The molecule has 0 aliphatic heterocycles. The first-order valence-corrected chi connectivity index (χ1v) is 6.09. The highest BCUT2D eigenvalue weighted by atomic mass is 16.2. The summed E-state index contributed by atoms with van der Waals surface area (Å²) in [6.45, 7) is 2.57. The van der Waals surface area contributed by atoms with Gasteiger partial charge in [-0.1, -0.05) is 29.8 Å². The molecule has 0 saturated carbocycles. The van der Waals surface area contributed by atoms with E-state index in [9.17, 15) is 4.79 Å². The number of amides is 1. The van der Waals surface area contributed by atoms with Crippen LogP contribution >= 0.6 is 0 Å². The van der Waals surface area contributed by atoms with E-state index in [1.54, 1.807) is 30.3 Å². The predicted octanol–water partition coefficient (Wildman–Crippen LogP) is 2.24. The maximum absolute atomic E-state index is 12.2. The van der Waals surface area contributed by atoms with Gasteiger partial charge in [0.2, 0.25) is 0 Å². The fraction of sp³-hybridized carbons (Fsp3) is 0.200. The normalized spacial score (nSPS) is 10.2. The van der Waals surface area contributed by atoms with E-state index in [0.717, 1.165) is 5.56 Å². The molecular formula is C15H17N3O. The molecule has 19 heavy (non-hydrogen) atoms. The summed E-state index contributed by atoms with van der Waals surface area (Å²) in [5.41, 5.74) is 8.74. The second-order valence-electron chi connectivity index (χ2n) is 4.59. The molecule has 2 N–H and O–H groups in total. The number of aryl methyl sites for hydroxylation is 1. The van der Waals surface area contributed by atoms with E-state index in [4.69, 9.17) is 5.73 Å². The molecule has 0 bridgehead atoms. The highest BCUT2D eigenvalue weighted by Gasteiger charge is 2.15. The SMILES string of the molecule is Cc1cccc(CN(C)C(=O)c2ncccc2N)c1.